The minimum Gasteiger partial charge on any atom is -0.406 e. The van der Waals surface area contributed by atoms with Gasteiger partial charge in [-0.3, -0.25) is 0 Å². The summed E-state index contributed by atoms with van der Waals surface area (Å²) in [5.74, 6) is -0.328. The van der Waals surface area contributed by atoms with Crippen molar-refractivity contribution in [1.82, 2.24) is 0 Å². The highest BCUT2D eigenvalue weighted by atomic mass is 19.4. The molecular weight excluding hydrogens is 238 g/mol. The van der Waals surface area contributed by atoms with Crippen molar-refractivity contribution in [2.24, 2.45) is 5.73 Å². The Kier molecular flexibility index (Phi) is 4.51. The second-order valence-electron chi connectivity index (χ2n) is 3.34. The molecule has 0 saturated heterocycles. The Balaban J connectivity index is 2.79. The molecule has 0 radical (unpaired) electrons. The standard InChI is InChI=1S/C11H11F4NO/c12-6-9(7-16)4-8-2-1-3-10(5-8)17-11(13,14)15/h1-3,5-6H,4,7,16H2/b9-6+. The summed E-state index contributed by atoms with van der Waals surface area (Å²) in [6.45, 7) is 0.0147. The first kappa shape index (κ1) is 13.5. The Morgan fingerprint density at radius 2 is 2.06 bits per heavy atom. The zero-order chi connectivity index (χ0) is 12.9. The molecule has 1 rings (SSSR count). The number of nitrogens with two attached hydrogens (primary N) is 1. The highest BCUT2D eigenvalue weighted by Gasteiger charge is 2.31. The summed E-state index contributed by atoms with van der Waals surface area (Å²) in [6.07, 6.45) is -4.22. The summed E-state index contributed by atoms with van der Waals surface area (Å²) in [6, 6.07) is 5.36. The van der Waals surface area contributed by atoms with E-state index in [9.17, 15) is 17.6 Å². The SMILES string of the molecule is NC/C(=C/F)Cc1cccc(OC(F)(F)F)c1. The van der Waals surface area contributed by atoms with Crippen molar-refractivity contribution in [3.05, 3.63) is 41.7 Å². The van der Waals surface area contributed by atoms with E-state index >= 15 is 0 Å². The molecule has 0 saturated carbocycles. The normalized spacial score (nSPS) is 12.6. The lowest BCUT2D eigenvalue weighted by atomic mass is 10.1. The van der Waals surface area contributed by atoms with Crippen molar-refractivity contribution >= 4 is 0 Å². The van der Waals surface area contributed by atoms with Crippen molar-refractivity contribution < 1.29 is 22.3 Å². The van der Waals surface area contributed by atoms with Crippen molar-refractivity contribution in [2.75, 3.05) is 6.54 Å². The van der Waals surface area contributed by atoms with Gasteiger partial charge in [0, 0.05) is 6.54 Å². The lowest BCUT2D eigenvalue weighted by Crippen LogP contribution is -2.17. The number of benzene rings is 1. The summed E-state index contributed by atoms with van der Waals surface area (Å²) in [7, 11) is 0. The largest absolute Gasteiger partial charge is 0.573 e. The molecule has 0 heterocycles. The Hall–Kier alpha value is -1.56. The summed E-state index contributed by atoms with van der Waals surface area (Å²) in [4.78, 5) is 0. The van der Waals surface area contributed by atoms with E-state index in [4.69, 9.17) is 5.73 Å². The molecule has 0 atom stereocenters. The fraction of sp³-hybridized carbons (Fsp3) is 0.273. The third-order valence-corrected chi connectivity index (χ3v) is 1.98. The van der Waals surface area contributed by atoms with Gasteiger partial charge in [0.05, 0.1) is 6.33 Å². The Morgan fingerprint density at radius 1 is 1.35 bits per heavy atom. The summed E-state index contributed by atoms with van der Waals surface area (Å²) in [5, 5.41) is 0. The molecule has 0 spiro atoms. The second-order valence-corrected chi connectivity index (χ2v) is 3.34. The van der Waals surface area contributed by atoms with Gasteiger partial charge < -0.3 is 10.5 Å². The van der Waals surface area contributed by atoms with Crippen molar-refractivity contribution in [3.63, 3.8) is 0 Å². The molecule has 2 nitrogen and oxygen atoms in total. The van der Waals surface area contributed by atoms with Gasteiger partial charge in [-0.05, 0) is 29.7 Å². The maximum Gasteiger partial charge on any atom is 0.573 e. The maximum atomic E-state index is 12.3. The Bertz CT molecular complexity index is 401. The van der Waals surface area contributed by atoms with Crippen molar-refractivity contribution in [2.45, 2.75) is 12.8 Å². The van der Waals surface area contributed by atoms with Crippen LogP contribution in [0.2, 0.25) is 0 Å². The van der Waals surface area contributed by atoms with E-state index in [-0.39, 0.29) is 18.7 Å². The quantitative estimate of drug-likeness (QED) is 0.832. The van der Waals surface area contributed by atoms with Gasteiger partial charge in [-0.1, -0.05) is 12.1 Å². The summed E-state index contributed by atoms with van der Waals surface area (Å²) < 4.78 is 51.9. The van der Waals surface area contributed by atoms with E-state index in [1.165, 1.54) is 18.2 Å². The van der Waals surface area contributed by atoms with Crippen LogP contribution in [0, 0.1) is 0 Å². The van der Waals surface area contributed by atoms with Crippen LogP contribution in [0.1, 0.15) is 5.56 Å². The van der Waals surface area contributed by atoms with Crippen LogP contribution in [0.5, 0.6) is 5.75 Å². The van der Waals surface area contributed by atoms with Crippen LogP contribution in [0.4, 0.5) is 17.6 Å². The van der Waals surface area contributed by atoms with Gasteiger partial charge in [-0.15, -0.1) is 13.2 Å². The van der Waals surface area contributed by atoms with Crippen LogP contribution in [0.15, 0.2) is 36.2 Å². The Labute approximate surface area is 95.7 Å². The number of alkyl halides is 3. The molecule has 6 heteroatoms. The predicted molar refractivity (Wildman–Crippen MR) is 55.1 cm³/mol. The van der Waals surface area contributed by atoms with Crippen molar-refractivity contribution in [3.8, 4) is 5.75 Å². The third kappa shape index (κ3) is 4.86. The third-order valence-electron chi connectivity index (χ3n) is 1.98. The molecule has 0 unspecified atom stereocenters. The molecule has 0 aromatic heterocycles. The van der Waals surface area contributed by atoms with Gasteiger partial charge in [-0.25, -0.2) is 4.39 Å². The second kappa shape index (κ2) is 5.67. The molecule has 1 aromatic rings. The molecule has 0 aliphatic heterocycles. The average molecular weight is 249 g/mol. The minimum absolute atomic E-state index is 0.0147. The maximum absolute atomic E-state index is 12.3. The first-order valence-electron chi connectivity index (χ1n) is 4.77. The molecule has 0 bridgehead atoms. The van der Waals surface area contributed by atoms with Crippen LogP contribution < -0.4 is 10.5 Å². The first-order chi connectivity index (χ1) is 7.94. The summed E-state index contributed by atoms with van der Waals surface area (Å²) in [5.41, 5.74) is 6.05. The van der Waals surface area contributed by atoms with Gasteiger partial charge in [-0.2, -0.15) is 0 Å². The first-order valence-corrected chi connectivity index (χ1v) is 4.77. The van der Waals surface area contributed by atoms with E-state index in [2.05, 4.69) is 4.74 Å². The number of halogens is 4. The molecule has 0 fully saturated rings. The number of ether oxygens (including phenoxy) is 1. The van der Waals surface area contributed by atoms with Gasteiger partial charge in [0.2, 0.25) is 0 Å². The lowest BCUT2D eigenvalue weighted by Gasteiger charge is -2.10. The van der Waals surface area contributed by atoms with E-state index in [1.54, 1.807) is 6.07 Å². The molecule has 0 aliphatic rings. The Morgan fingerprint density at radius 3 is 2.59 bits per heavy atom. The zero-order valence-corrected chi connectivity index (χ0v) is 8.80. The monoisotopic (exact) mass is 249 g/mol. The predicted octanol–water partition coefficient (Wildman–Crippen LogP) is 2.94. The van der Waals surface area contributed by atoms with Crippen LogP contribution in [-0.2, 0) is 6.42 Å². The number of rotatable bonds is 4. The van der Waals surface area contributed by atoms with Crippen molar-refractivity contribution in [1.29, 1.82) is 0 Å². The average Bonchev–Trinajstić information content (AvgIpc) is 2.24. The minimum atomic E-state index is -4.73. The van der Waals surface area contributed by atoms with Gasteiger partial charge in [0.15, 0.2) is 0 Å². The van der Waals surface area contributed by atoms with E-state index < -0.39 is 6.36 Å². The van der Waals surface area contributed by atoms with E-state index in [1.807, 2.05) is 0 Å². The molecule has 1 aromatic carbocycles. The van der Waals surface area contributed by atoms with Crippen LogP contribution >= 0.6 is 0 Å². The van der Waals surface area contributed by atoms with Gasteiger partial charge >= 0.3 is 6.36 Å². The van der Waals surface area contributed by atoms with Gasteiger partial charge in [0.25, 0.3) is 0 Å². The molecule has 94 valence electrons. The van der Waals surface area contributed by atoms with Crippen LogP contribution in [0.25, 0.3) is 0 Å². The number of hydrogen-bond donors (Lipinski definition) is 1. The highest BCUT2D eigenvalue weighted by molar-refractivity contribution is 5.31. The zero-order valence-electron chi connectivity index (χ0n) is 8.80. The number of hydrogen-bond acceptors (Lipinski definition) is 2. The molecule has 0 amide bonds. The fourth-order valence-corrected chi connectivity index (χ4v) is 1.27. The molecule has 0 aliphatic carbocycles. The topological polar surface area (TPSA) is 35.2 Å². The molecule has 17 heavy (non-hydrogen) atoms. The highest BCUT2D eigenvalue weighted by Crippen LogP contribution is 2.24. The van der Waals surface area contributed by atoms with Gasteiger partial charge in [0.1, 0.15) is 5.75 Å². The van der Waals surface area contributed by atoms with Crippen LogP contribution in [-0.4, -0.2) is 12.9 Å². The smallest absolute Gasteiger partial charge is 0.406 e. The molecular formula is C11H11F4NO. The van der Waals surface area contributed by atoms with E-state index in [0.717, 1.165) is 0 Å². The van der Waals surface area contributed by atoms with E-state index in [0.29, 0.717) is 17.5 Å². The fourth-order valence-electron chi connectivity index (χ4n) is 1.27. The lowest BCUT2D eigenvalue weighted by molar-refractivity contribution is -0.274. The molecule has 2 N–H and O–H groups in total. The summed E-state index contributed by atoms with van der Waals surface area (Å²) >= 11 is 0. The van der Waals surface area contributed by atoms with Crippen LogP contribution in [0.3, 0.4) is 0 Å².